The first kappa shape index (κ1) is 10.7. The van der Waals surface area contributed by atoms with Crippen molar-refractivity contribution in [3.63, 3.8) is 0 Å². The summed E-state index contributed by atoms with van der Waals surface area (Å²) in [6.45, 7) is 0.0404. The first-order valence-corrected chi connectivity index (χ1v) is 4.65. The highest BCUT2D eigenvalue weighted by atomic mass is 79.9. The van der Waals surface area contributed by atoms with Gasteiger partial charge in [0.25, 0.3) is 0 Å². The van der Waals surface area contributed by atoms with Crippen molar-refractivity contribution in [2.24, 2.45) is 5.73 Å². The molecule has 1 heterocycles. The summed E-state index contributed by atoms with van der Waals surface area (Å²) in [7, 11) is 1.74. The lowest BCUT2D eigenvalue weighted by molar-refractivity contribution is -0.116. The molecule has 0 aliphatic heterocycles. The predicted molar refractivity (Wildman–Crippen MR) is 57.0 cm³/mol. The first-order chi connectivity index (χ1) is 6.65. The number of halogens is 1. The average Bonchev–Trinajstić information content (AvgIpc) is 2.16. The van der Waals surface area contributed by atoms with Crippen LogP contribution in [0.5, 0.6) is 0 Å². The lowest BCUT2D eigenvalue weighted by atomic mass is 10.5. The Balaban J connectivity index is 2.81. The van der Waals surface area contributed by atoms with E-state index in [9.17, 15) is 4.79 Å². The minimum atomic E-state index is -0.443. The van der Waals surface area contributed by atoms with Crippen molar-refractivity contribution in [2.45, 2.75) is 0 Å². The Labute approximate surface area is 89.4 Å². The zero-order valence-corrected chi connectivity index (χ0v) is 9.13. The highest BCUT2D eigenvalue weighted by molar-refractivity contribution is 9.10. The Morgan fingerprint density at radius 1 is 1.57 bits per heavy atom. The first-order valence-electron chi connectivity index (χ1n) is 3.85. The number of rotatable bonds is 4. The molecule has 0 aliphatic carbocycles. The van der Waals surface area contributed by atoms with Gasteiger partial charge in [-0.3, -0.25) is 4.79 Å². The van der Waals surface area contributed by atoms with Gasteiger partial charge in [0.15, 0.2) is 0 Å². The van der Waals surface area contributed by atoms with Crippen LogP contribution in [0.2, 0.25) is 0 Å². The third kappa shape index (κ3) is 2.56. The van der Waals surface area contributed by atoms with Crippen LogP contribution in [0, 0.1) is 0 Å². The third-order valence-corrected chi connectivity index (χ3v) is 2.21. The van der Waals surface area contributed by atoms with Gasteiger partial charge in [-0.1, -0.05) is 0 Å². The van der Waals surface area contributed by atoms with E-state index < -0.39 is 5.91 Å². The van der Waals surface area contributed by atoms with Crippen molar-refractivity contribution < 1.29 is 4.79 Å². The number of carbonyl (C=O) groups excluding carboxylic acids is 1. The molecule has 0 radical (unpaired) electrons. The molecule has 7 heteroatoms. The molecule has 0 fully saturated rings. The quantitative estimate of drug-likeness (QED) is 0.718. The highest BCUT2D eigenvalue weighted by Crippen LogP contribution is 2.25. The number of anilines is 2. The maximum atomic E-state index is 10.5. The summed E-state index contributed by atoms with van der Waals surface area (Å²) >= 11 is 3.29. The molecule has 76 valence electrons. The lowest BCUT2D eigenvalue weighted by Crippen LogP contribution is -2.22. The molecule has 0 spiro atoms. The fourth-order valence-electron chi connectivity index (χ4n) is 0.838. The Hall–Kier alpha value is -1.37. The van der Waals surface area contributed by atoms with Gasteiger partial charge in [0.2, 0.25) is 5.91 Å². The number of carbonyl (C=O) groups is 1. The van der Waals surface area contributed by atoms with Crippen LogP contribution in [0.1, 0.15) is 0 Å². The van der Waals surface area contributed by atoms with Crippen LogP contribution < -0.4 is 16.4 Å². The zero-order valence-electron chi connectivity index (χ0n) is 7.54. The Morgan fingerprint density at radius 3 is 2.79 bits per heavy atom. The normalized spacial score (nSPS) is 9.57. The number of amides is 1. The molecule has 0 unspecified atom stereocenters. The van der Waals surface area contributed by atoms with Crippen molar-refractivity contribution in [3.05, 3.63) is 10.8 Å². The van der Waals surface area contributed by atoms with Gasteiger partial charge in [-0.15, -0.1) is 0 Å². The minimum Gasteiger partial charge on any atom is -0.372 e. The van der Waals surface area contributed by atoms with E-state index in [4.69, 9.17) is 5.73 Å². The second-order valence-electron chi connectivity index (χ2n) is 2.45. The van der Waals surface area contributed by atoms with Crippen LogP contribution in [-0.2, 0) is 4.79 Å². The molecule has 14 heavy (non-hydrogen) atoms. The van der Waals surface area contributed by atoms with Crippen LogP contribution in [0.15, 0.2) is 10.8 Å². The van der Waals surface area contributed by atoms with E-state index in [1.165, 1.54) is 6.33 Å². The van der Waals surface area contributed by atoms with Gasteiger partial charge in [-0.25, -0.2) is 9.97 Å². The molecule has 0 bridgehead atoms. The molecule has 0 aromatic carbocycles. The number of aromatic nitrogens is 2. The van der Waals surface area contributed by atoms with Crippen LogP contribution in [0.3, 0.4) is 0 Å². The topological polar surface area (TPSA) is 92.9 Å². The van der Waals surface area contributed by atoms with Crippen LogP contribution in [-0.4, -0.2) is 29.5 Å². The second kappa shape index (κ2) is 4.75. The highest BCUT2D eigenvalue weighted by Gasteiger charge is 2.07. The maximum absolute atomic E-state index is 10.5. The van der Waals surface area contributed by atoms with Gasteiger partial charge in [0, 0.05) is 7.05 Å². The molecule has 1 amide bonds. The van der Waals surface area contributed by atoms with E-state index in [-0.39, 0.29) is 6.54 Å². The van der Waals surface area contributed by atoms with E-state index in [1.807, 2.05) is 0 Å². The minimum absolute atomic E-state index is 0.0404. The number of hydrogen-bond donors (Lipinski definition) is 3. The molecule has 1 aromatic rings. The Kier molecular flexibility index (Phi) is 3.63. The van der Waals surface area contributed by atoms with Gasteiger partial charge in [-0.05, 0) is 15.9 Å². The summed E-state index contributed by atoms with van der Waals surface area (Å²) in [5, 5.41) is 5.64. The summed E-state index contributed by atoms with van der Waals surface area (Å²) in [5.41, 5.74) is 4.99. The summed E-state index contributed by atoms with van der Waals surface area (Å²) in [5.74, 6) is 0.733. The monoisotopic (exact) mass is 259 g/mol. The molecule has 0 saturated carbocycles. The van der Waals surface area contributed by atoms with Gasteiger partial charge in [0.1, 0.15) is 22.4 Å². The summed E-state index contributed by atoms with van der Waals surface area (Å²) in [6, 6.07) is 0. The molecule has 0 saturated heterocycles. The molecule has 0 atom stereocenters. The van der Waals surface area contributed by atoms with Crippen LogP contribution in [0.4, 0.5) is 11.6 Å². The zero-order chi connectivity index (χ0) is 10.6. The van der Waals surface area contributed by atoms with Crippen LogP contribution >= 0.6 is 15.9 Å². The lowest BCUT2D eigenvalue weighted by Gasteiger charge is -2.07. The summed E-state index contributed by atoms with van der Waals surface area (Å²) in [6.07, 6.45) is 1.39. The molecule has 1 rings (SSSR count). The fourth-order valence-corrected chi connectivity index (χ4v) is 1.38. The van der Waals surface area contributed by atoms with Crippen molar-refractivity contribution in [2.75, 3.05) is 24.2 Å². The summed E-state index contributed by atoms with van der Waals surface area (Å²) in [4.78, 5) is 18.4. The van der Waals surface area contributed by atoms with Crippen molar-refractivity contribution >= 4 is 33.5 Å². The number of nitrogens with one attached hydrogen (secondary N) is 2. The van der Waals surface area contributed by atoms with E-state index >= 15 is 0 Å². The van der Waals surface area contributed by atoms with Gasteiger partial charge in [-0.2, -0.15) is 0 Å². The smallest absolute Gasteiger partial charge is 0.236 e. The second-order valence-corrected chi connectivity index (χ2v) is 3.25. The Bertz CT molecular complexity index is 343. The van der Waals surface area contributed by atoms with Crippen molar-refractivity contribution in [1.29, 1.82) is 0 Å². The number of hydrogen-bond acceptors (Lipinski definition) is 5. The summed E-state index contributed by atoms with van der Waals surface area (Å²) < 4.78 is 0.670. The largest absolute Gasteiger partial charge is 0.372 e. The maximum Gasteiger partial charge on any atom is 0.236 e. The van der Waals surface area contributed by atoms with E-state index in [0.717, 1.165) is 0 Å². The third-order valence-electron chi connectivity index (χ3n) is 1.46. The molecular weight excluding hydrogens is 250 g/mol. The van der Waals surface area contributed by atoms with Gasteiger partial charge >= 0.3 is 0 Å². The van der Waals surface area contributed by atoms with Crippen molar-refractivity contribution in [1.82, 2.24) is 9.97 Å². The standard InChI is InChI=1S/C7H10BrN5O/c1-10-6-5(8)7(13-3-12-6)11-2-4(9)14/h3H,2H2,1H3,(H2,9,14)(H2,10,11,12,13). The SMILES string of the molecule is CNc1ncnc(NCC(N)=O)c1Br. The van der Waals surface area contributed by atoms with Crippen molar-refractivity contribution in [3.8, 4) is 0 Å². The van der Waals surface area contributed by atoms with Gasteiger partial charge < -0.3 is 16.4 Å². The van der Waals surface area contributed by atoms with Gasteiger partial charge in [0.05, 0.1) is 6.54 Å². The molecule has 1 aromatic heterocycles. The molecule has 6 nitrogen and oxygen atoms in total. The molecule has 4 N–H and O–H groups in total. The number of nitrogens with two attached hydrogens (primary N) is 1. The average molecular weight is 260 g/mol. The Morgan fingerprint density at radius 2 is 2.21 bits per heavy atom. The molecular formula is C7H10BrN5O. The van der Waals surface area contributed by atoms with E-state index in [0.29, 0.717) is 16.1 Å². The number of nitrogens with zero attached hydrogens (tertiary/aromatic N) is 2. The predicted octanol–water partition coefficient (Wildman–Crippen LogP) is 0.178. The fraction of sp³-hybridized carbons (Fsp3) is 0.286. The van der Waals surface area contributed by atoms with E-state index in [2.05, 4.69) is 36.5 Å². The number of primary amides is 1. The van der Waals surface area contributed by atoms with Crippen LogP contribution in [0.25, 0.3) is 0 Å². The van der Waals surface area contributed by atoms with E-state index in [1.54, 1.807) is 7.05 Å². The molecule has 0 aliphatic rings.